The van der Waals surface area contributed by atoms with Gasteiger partial charge in [-0.3, -0.25) is 9.59 Å². The average Bonchev–Trinajstić information content (AvgIpc) is 2.58. The van der Waals surface area contributed by atoms with Crippen LogP contribution in [-0.4, -0.2) is 23.5 Å². The predicted molar refractivity (Wildman–Crippen MR) is 97.7 cm³/mol. The first kappa shape index (κ1) is 19.9. The first-order chi connectivity index (χ1) is 11.7. The molecule has 1 aromatic carbocycles. The minimum atomic E-state index is -0.698. The molecule has 0 aliphatic carbocycles. The first-order valence-electron chi connectivity index (χ1n) is 8.91. The SMILES string of the molecule is O=C(O)CCCCCCCCCCNC(=O)C=Cc1ccccc1. The third kappa shape index (κ3) is 11.5. The summed E-state index contributed by atoms with van der Waals surface area (Å²) in [7, 11) is 0. The number of unbranched alkanes of at least 4 members (excludes halogenated alkanes) is 7. The van der Waals surface area contributed by atoms with Gasteiger partial charge in [-0.05, 0) is 24.5 Å². The van der Waals surface area contributed by atoms with Crippen LogP contribution >= 0.6 is 0 Å². The van der Waals surface area contributed by atoms with Crippen molar-refractivity contribution in [3.8, 4) is 0 Å². The van der Waals surface area contributed by atoms with Gasteiger partial charge in [0.1, 0.15) is 0 Å². The van der Waals surface area contributed by atoms with E-state index in [2.05, 4.69) is 5.32 Å². The Balaban J connectivity index is 1.90. The number of carbonyl (C=O) groups excluding carboxylic acids is 1. The summed E-state index contributed by atoms with van der Waals surface area (Å²) in [6.07, 6.45) is 12.3. The number of nitrogens with one attached hydrogen (secondary N) is 1. The molecule has 0 aliphatic rings. The molecule has 24 heavy (non-hydrogen) atoms. The second-order valence-electron chi connectivity index (χ2n) is 6.01. The topological polar surface area (TPSA) is 66.4 Å². The number of rotatable bonds is 13. The Hall–Kier alpha value is -2.10. The number of benzene rings is 1. The summed E-state index contributed by atoms with van der Waals surface area (Å²) < 4.78 is 0. The molecule has 2 N–H and O–H groups in total. The van der Waals surface area contributed by atoms with E-state index in [0.29, 0.717) is 6.42 Å². The molecule has 0 unspecified atom stereocenters. The number of hydrogen-bond donors (Lipinski definition) is 2. The fourth-order valence-corrected chi connectivity index (χ4v) is 2.47. The highest BCUT2D eigenvalue weighted by molar-refractivity contribution is 5.91. The summed E-state index contributed by atoms with van der Waals surface area (Å²) in [5, 5.41) is 11.4. The van der Waals surface area contributed by atoms with Crippen molar-refractivity contribution < 1.29 is 14.7 Å². The lowest BCUT2D eigenvalue weighted by atomic mass is 10.1. The monoisotopic (exact) mass is 331 g/mol. The van der Waals surface area contributed by atoms with E-state index in [-0.39, 0.29) is 5.91 Å². The summed E-state index contributed by atoms with van der Waals surface area (Å²) >= 11 is 0. The summed E-state index contributed by atoms with van der Waals surface area (Å²) in [5.41, 5.74) is 1.02. The molecule has 0 heterocycles. The van der Waals surface area contributed by atoms with Crippen LogP contribution in [0.4, 0.5) is 0 Å². The van der Waals surface area contributed by atoms with E-state index >= 15 is 0 Å². The van der Waals surface area contributed by atoms with E-state index in [1.807, 2.05) is 36.4 Å². The van der Waals surface area contributed by atoms with Crippen molar-refractivity contribution in [3.05, 3.63) is 42.0 Å². The highest BCUT2D eigenvalue weighted by Gasteiger charge is 1.97. The second kappa shape index (κ2) is 13.3. The number of carboxylic acid groups (broad SMARTS) is 1. The van der Waals surface area contributed by atoms with Crippen molar-refractivity contribution >= 4 is 18.0 Å². The Bertz CT molecular complexity index is 497. The molecule has 1 aromatic rings. The van der Waals surface area contributed by atoms with Crippen LogP contribution in [0.25, 0.3) is 6.08 Å². The summed E-state index contributed by atoms with van der Waals surface area (Å²) in [6, 6.07) is 9.78. The van der Waals surface area contributed by atoms with Gasteiger partial charge in [0.2, 0.25) is 5.91 Å². The van der Waals surface area contributed by atoms with Crippen LogP contribution in [0.15, 0.2) is 36.4 Å². The molecule has 0 aliphatic heterocycles. The lowest BCUT2D eigenvalue weighted by molar-refractivity contribution is -0.137. The summed E-state index contributed by atoms with van der Waals surface area (Å²) in [6.45, 7) is 0.719. The van der Waals surface area contributed by atoms with Gasteiger partial charge >= 0.3 is 5.97 Å². The fourth-order valence-electron chi connectivity index (χ4n) is 2.47. The van der Waals surface area contributed by atoms with E-state index in [0.717, 1.165) is 44.2 Å². The lowest BCUT2D eigenvalue weighted by Gasteiger charge is -2.03. The van der Waals surface area contributed by atoms with E-state index in [4.69, 9.17) is 5.11 Å². The lowest BCUT2D eigenvalue weighted by Crippen LogP contribution is -2.21. The first-order valence-corrected chi connectivity index (χ1v) is 8.91. The number of amides is 1. The molecular formula is C20H29NO3. The van der Waals surface area contributed by atoms with Gasteiger partial charge in [0.15, 0.2) is 0 Å². The molecule has 132 valence electrons. The van der Waals surface area contributed by atoms with Gasteiger partial charge in [-0.15, -0.1) is 0 Å². The van der Waals surface area contributed by atoms with Crippen LogP contribution in [0.1, 0.15) is 63.4 Å². The Morgan fingerprint density at radius 3 is 2.08 bits per heavy atom. The molecule has 0 bridgehead atoms. The number of carbonyl (C=O) groups is 2. The fraction of sp³-hybridized carbons (Fsp3) is 0.500. The van der Waals surface area contributed by atoms with Crippen molar-refractivity contribution in [1.82, 2.24) is 5.32 Å². The Morgan fingerprint density at radius 1 is 0.875 bits per heavy atom. The zero-order chi connectivity index (χ0) is 17.5. The van der Waals surface area contributed by atoms with Crippen molar-refractivity contribution in [1.29, 1.82) is 0 Å². The van der Waals surface area contributed by atoms with Gasteiger partial charge in [-0.2, -0.15) is 0 Å². The van der Waals surface area contributed by atoms with Crippen LogP contribution in [-0.2, 0) is 9.59 Å². The Labute approximate surface area is 145 Å². The van der Waals surface area contributed by atoms with E-state index < -0.39 is 5.97 Å². The van der Waals surface area contributed by atoms with Gasteiger partial charge in [0.05, 0.1) is 0 Å². The van der Waals surface area contributed by atoms with Crippen molar-refractivity contribution in [3.63, 3.8) is 0 Å². The maximum absolute atomic E-state index is 11.7. The van der Waals surface area contributed by atoms with Crippen LogP contribution in [0.2, 0.25) is 0 Å². The van der Waals surface area contributed by atoms with Crippen molar-refractivity contribution in [2.24, 2.45) is 0 Å². The van der Waals surface area contributed by atoms with Crippen molar-refractivity contribution in [2.45, 2.75) is 57.8 Å². The maximum Gasteiger partial charge on any atom is 0.303 e. The minimum absolute atomic E-state index is 0.0442. The molecule has 1 rings (SSSR count). The molecule has 0 fully saturated rings. The highest BCUT2D eigenvalue weighted by Crippen LogP contribution is 2.09. The van der Waals surface area contributed by atoms with Crippen LogP contribution in [0.5, 0.6) is 0 Å². The molecule has 4 heteroatoms. The smallest absolute Gasteiger partial charge is 0.303 e. The van der Waals surface area contributed by atoms with Crippen molar-refractivity contribution in [2.75, 3.05) is 6.54 Å². The average molecular weight is 331 g/mol. The van der Waals surface area contributed by atoms with E-state index in [9.17, 15) is 9.59 Å². The Morgan fingerprint density at radius 2 is 1.46 bits per heavy atom. The molecule has 4 nitrogen and oxygen atoms in total. The quantitative estimate of drug-likeness (QED) is 0.415. The van der Waals surface area contributed by atoms with Crippen LogP contribution in [0, 0.1) is 0 Å². The molecule has 0 aromatic heterocycles. The Kier molecular flexibility index (Phi) is 11.1. The largest absolute Gasteiger partial charge is 0.481 e. The van der Waals surface area contributed by atoms with Gasteiger partial charge in [0, 0.05) is 19.0 Å². The molecule has 0 saturated heterocycles. The number of aliphatic carboxylic acids is 1. The zero-order valence-corrected chi connectivity index (χ0v) is 14.4. The minimum Gasteiger partial charge on any atom is -0.481 e. The normalized spacial score (nSPS) is 10.8. The molecular weight excluding hydrogens is 302 g/mol. The summed E-state index contributed by atoms with van der Waals surface area (Å²) in [4.78, 5) is 22.0. The van der Waals surface area contributed by atoms with Crippen LogP contribution in [0.3, 0.4) is 0 Å². The van der Waals surface area contributed by atoms with Crippen LogP contribution < -0.4 is 5.32 Å². The predicted octanol–water partition coefficient (Wildman–Crippen LogP) is 4.41. The second-order valence-corrected chi connectivity index (χ2v) is 6.01. The number of hydrogen-bond acceptors (Lipinski definition) is 2. The molecule has 1 amide bonds. The van der Waals surface area contributed by atoms with Gasteiger partial charge in [-0.25, -0.2) is 0 Å². The van der Waals surface area contributed by atoms with E-state index in [1.54, 1.807) is 6.08 Å². The van der Waals surface area contributed by atoms with Gasteiger partial charge < -0.3 is 10.4 Å². The standard InChI is InChI=1S/C20H29NO3/c22-19(16-15-18-12-8-7-9-13-18)21-17-11-6-4-2-1-3-5-10-14-20(23)24/h7-9,12-13,15-16H,1-6,10-11,14,17H2,(H,21,22)(H,23,24). The van der Waals surface area contributed by atoms with Gasteiger partial charge in [-0.1, -0.05) is 68.9 Å². The molecule has 0 saturated carbocycles. The summed E-state index contributed by atoms with van der Waals surface area (Å²) in [5.74, 6) is -0.743. The maximum atomic E-state index is 11.7. The van der Waals surface area contributed by atoms with E-state index in [1.165, 1.54) is 19.3 Å². The number of carboxylic acids is 1. The van der Waals surface area contributed by atoms with Gasteiger partial charge in [0.25, 0.3) is 0 Å². The molecule has 0 radical (unpaired) electrons. The highest BCUT2D eigenvalue weighted by atomic mass is 16.4. The third-order valence-corrected chi connectivity index (χ3v) is 3.84. The third-order valence-electron chi connectivity index (χ3n) is 3.84. The molecule has 0 spiro atoms. The molecule has 0 atom stereocenters. The zero-order valence-electron chi connectivity index (χ0n) is 14.4.